The molecule has 0 aliphatic carbocycles. The maximum absolute atomic E-state index is 13.2. The number of anilines is 1. The van der Waals surface area contributed by atoms with Crippen molar-refractivity contribution in [2.45, 2.75) is 6.18 Å². The van der Waals surface area contributed by atoms with Gasteiger partial charge in [-0.05, 0) is 54.6 Å². The lowest BCUT2D eigenvalue weighted by Crippen LogP contribution is -2.16. The first-order chi connectivity index (χ1) is 14.5. The summed E-state index contributed by atoms with van der Waals surface area (Å²) in [4.78, 5) is 24.1. The Morgan fingerprint density at radius 1 is 0.968 bits per heavy atom. The number of alkyl halides is 3. The topological polar surface area (TPSA) is 81.4 Å². The summed E-state index contributed by atoms with van der Waals surface area (Å²) in [5.74, 6) is -2.64. The second-order valence-electron chi connectivity index (χ2n) is 6.28. The SMILES string of the molecule is NC(=O)c1cccc(NC(=O)c2cc(C(F)(F)F)ccc2Oc2ccc(F)cc2Cl)c1. The van der Waals surface area contributed by atoms with E-state index in [1.54, 1.807) is 0 Å². The van der Waals surface area contributed by atoms with Gasteiger partial charge in [0.15, 0.2) is 0 Å². The van der Waals surface area contributed by atoms with Crippen molar-refractivity contribution in [2.75, 3.05) is 5.32 Å². The normalized spacial score (nSPS) is 11.1. The average molecular weight is 453 g/mol. The molecule has 0 atom stereocenters. The fourth-order valence-corrected chi connectivity index (χ4v) is 2.80. The Bertz CT molecular complexity index is 1170. The summed E-state index contributed by atoms with van der Waals surface area (Å²) in [6.07, 6.45) is -4.72. The summed E-state index contributed by atoms with van der Waals surface area (Å²) in [5.41, 5.74) is 3.87. The van der Waals surface area contributed by atoms with E-state index in [0.29, 0.717) is 6.07 Å². The van der Waals surface area contributed by atoms with Crippen LogP contribution in [0.3, 0.4) is 0 Å². The van der Waals surface area contributed by atoms with Crippen molar-refractivity contribution >= 4 is 29.1 Å². The average Bonchev–Trinajstić information content (AvgIpc) is 2.69. The van der Waals surface area contributed by atoms with Crippen LogP contribution < -0.4 is 15.8 Å². The van der Waals surface area contributed by atoms with E-state index in [4.69, 9.17) is 22.1 Å². The second-order valence-corrected chi connectivity index (χ2v) is 6.69. The smallest absolute Gasteiger partial charge is 0.416 e. The number of halogens is 5. The Balaban J connectivity index is 2.00. The van der Waals surface area contributed by atoms with Crippen molar-refractivity contribution in [1.29, 1.82) is 0 Å². The van der Waals surface area contributed by atoms with E-state index in [9.17, 15) is 27.2 Å². The van der Waals surface area contributed by atoms with Crippen LogP contribution in [-0.2, 0) is 6.18 Å². The van der Waals surface area contributed by atoms with Gasteiger partial charge in [-0.3, -0.25) is 9.59 Å². The molecule has 0 aliphatic heterocycles. The monoisotopic (exact) mass is 452 g/mol. The summed E-state index contributed by atoms with van der Waals surface area (Å²) in [5, 5.41) is 2.26. The molecule has 2 amide bonds. The number of ether oxygens (including phenoxy) is 1. The van der Waals surface area contributed by atoms with Crippen LogP contribution in [0.25, 0.3) is 0 Å². The van der Waals surface area contributed by atoms with Gasteiger partial charge in [-0.15, -0.1) is 0 Å². The van der Waals surface area contributed by atoms with Crippen LogP contribution in [0.1, 0.15) is 26.3 Å². The molecular formula is C21H13ClF4N2O3. The Labute approximate surface area is 178 Å². The van der Waals surface area contributed by atoms with E-state index < -0.39 is 34.9 Å². The highest BCUT2D eigenvalue weighted by Crippen LogP contribution is 2.36. The first-order valence-corrected chi connectivity index (χ1v) is 8.98. The summed E-state index contributed by atoms with van der Waals surface area (Å²) in [7, 11) is 0. The first kappa shape index (κ1) is 22.1. The number of rotatable bonds is 5. The van der Waals surface area contributed by atoms with E-state index in [1.807, 2.05) is 0 Å². The van der Waals surface area contributed by atoms with Gasteiger partial charge >= 0.3 is 6.18 Å². The van der Waals surface area contributed by atoms with E-state index in [-0.39, 0.29) is 27.8 Å². The molecule has 160 valence electrons. The molecule has 0 aliphatic rings. The third-order valence-corrected chi connectivity index (χ3v) is 4.37. The van der Waals surface area contributed by atoms with Gasteiger partial charge in [0.05, 0.1) is 16.1 Å². The van der Waals surface area contributed by atoms with Crippen LogP contribution in [0, 0.1) is 5.82 Å². The number of primary amides is 1. The van der Waals surface area contributed by atoms with Crippen LogP contribution in [0.4, 0.5) is 23.2 Å². The molecule has 0 bridgehead atoms. The minimum absolute atomic E-state index is 0.0624. The summed E-state index contributed by atoms with van der Waals surface area (Å²) in [6, 6.07) is 11.0. The number of benzene rings is 3. The molecule has 10 heteroatoms. The van der Waals surface area contributed by atoms with Gasteiger partial charge in [-0.25, -0.2) is 4.39 Å². The zero-order valence-electron chi connectivity index (χ0n) is 15.5. The molecule has 0 radical (unpaired) electrons. The largest absolute Gasteiger partial charge is 0.455 e. The van der Waals surface area contributed by atoms with Crippen molar-refractivity contribution in [3.63, 3.8) is 0 Å². The molecule has 3 aromatic rings. The van der Waals surface area contributed by atoms with E-state index in [2.05, 4.69) is 5.32 Å². The van der Waals surface area contributed by atoms with Gasteiger partial charge in [0, 0.05) is 11.3 Å². The summed E-state index contributed by atoms with van der Waals surface area (Å²) in [6.45, 7) is 0. The molecule has 0 spiro atoms. The third kappa shape index (κ3) is 5.32. The molecule has 3 aromatic carbocycles. The van der Waals surface area contributed by atoms with Crippen molar-refractivity contribution in [3.05, 3.63) is 88.2 Å². The minimum Gasteiger partial charge on any atom is -0.455 e. The number of hydrogen-bond donors (Lipinski definition) is 2. The highest BCUT2D eigenvalue weighted by molar-refractivity contribution is 6.32. The first-order valence-electron chi connectivity index (χ1n) is 8.60. The molecule has 5 nitrogen and oxygen atoms in total. The highest BCUT2D eigenvalue weighted by Gasteiger charge is 2.32. The third-order valence-electron chi connectivity index (χ3n) is 4.07. The van der Waals surface area contributed by atoms with Gasteiger partial charge in [0.25, 0.3) is 5.91 Å². The lowest BCUT2D eigenvalue weighted by atomic mass is 10.1. The Hall–Kier alpha value is -3.59. The maximum Gasteiger partial charge on any atom is 0.416 e. The molecule has 0 aromatic heterocycles. The molecule has 3 rings (SSSR count). The Morgan fingerprint density at radius 3 is 2.32 bits per heavy atom. The van der Waals surface area contributed by atoms with Crippen molar-refractivity contribution in [2.24, 2.45) is 5.73 Å². The molecule has 0 heterocycles. The number of nitrogens with one attached hydrogen (secondary N) is 1. The fourth-order valence-electron chi connectivity index (χ4n) is 2.60. The summed E-state index contributed by atoms with van der Waals surface area (Å²) >= 11 is 5.90. The van der Waals surface area contributed by atoms with Crippen LogP contribution >= 0.6 is 11.6 Å². The minimum atomic E-state index is -4.72. The van der Waals surface area contributed by atoms with Crippen molar-refractivity contribution < 1.29 is 31.9 Å². The standard InChI is InChI=1S/C21H13ClF4N2O3/c22-16-10-13(23)5-7-18(16)31-17-6-4-12(21(24,25)26)9-15(17)20(30)28-14-3-1-2-11(8-14)19(27)29/h1-10H,(H2,27,29)(H,28,30). The number of nitrogens with two attached hydrogens (primary N) is 1. The van der Waals surface area contributed by atoms with E-state index >= 15 is 0 Å². The van der Waals surface area contributed by atoms with E-state index in [1.165, 1.54) is 30.3 Å². The molecule has 31 heavy (non-hydrogen) atoms. The molecular weight excluding hydrogens is 440 g/mol. The molecule has 0 saturated carbocycles. The lowest BCUT2D eigenvalue weighted by molar-refractivity contribution is -0.137. The maximum atomic E-state index is 13.2. The van der Waals surface area contributed by atoms with Crippen LogP contribution in [0.5, 0.6) is 11.5 Å². The molecule has 0 fully saturated rings. The summed E-state index contributed by atoms with van der Waals surface area (Å²) < 4.78 is 58.3. The molecule has 0 unspecified atom stereocenters. The van der Waals surface area contributed by atoms with Gasteiger partial charge < -0.3 is 15.8 Å². The van der Waals surface area contributed by atoms with Crippen LogP contribution in [0.2, 0.25) is 5.02 Å². The lowest BCUT2D eigenvalue weighted by Gasteiger charge is -2.15. The highest BCUT2D eigenvalue weighted by atomic mass is 35.5. The molecule has 3 N–H and O–H groups in total. The van der Waals surface area contributed by atoms with Gasteiger partial charge in [0.2, 0.25) is 5.91 Å². The second kappa shape index (κ2) is 8.65. The quantitative estimate of drug-likeness (QED) is 0.491. The predicted molar refractivity (Wildman–Crippen MR) is 106 cm³/mol. The zero-order valence-corrected chi connectivity index (χ0v) is 16.2. The number of carbonyl (C=O) groups excluding carboxylic acids is 2. The number of carbonyl (C=O) groups is 2. The number of amides is 2. The molecule has 0 saturated heterocycles. The van der Waals surface area contributed by atoms with Crippen LogP contribution in [0.15, 0.2) is 60.7 Å². The van der Waals surface area contributed by atoms with Crippen molar-refractivity contribution in [1.82, 2.24) is 0 Å². The Kier molecular flexibility index (Phi) is 6.16. The zero-order chi connectivity index (χ0) is 22.8. The van der Waals surface area contributed by atoms with Gasteiger partial charge in [-0.1, -0.05) is 17.7 Å². The van der Waals surface area contributed by atoms with Crippen molar-refractivity contribution in [3.8, 4) is 11.5 Å². The number of hydrogen-bond acceptors (Lipinski definition) is 3. The Morgan fingerprint density at radius 2 is 1.68 bits per heavy atom. The fraction of sp³-hybridized carbons (Fsp3) is 0.0476. The van der Waals surface area contributed by atoms with Gasteiger partial charge in [-0.2, -0.15) is 13.2 Å². The van der Waals surface area contributed by atoms with Gasteiger partial charge in [0.1, 0.15) is 17.3 Å². The van der Waals surface area contributed by atoms with E-state index in [0.717, 1.165) is 24.3 Å². The predicted octanol–water partition coefficient (Wildman–Crippen LogP) is 5.64. The van der Waals surface area contributed by atoms with Crippen LogP contribution in [-0.4, -0.2) is 11.8 Å².